The van der Waals surface area contributed by atoms with E-state index >= 15 is 0 Å². The monoisotopic (exact) mass is 275 g/mol. The van der Waals surface area contributed by atoms with Crippen LogP contribution < -0.4 is 10.6 Å². The van der Waals surface area contributed by atoms with E-state index in [0.29, 0.717) is 12.6 Å². The van der Waals surface area contributed by atoms with E-state index in [1.165, 1.54) is 11.1 Å². The lowest BCUT2D eigenvalue weighted by atomic mass is 9.78. The van der Waals surface area contributed by atoms with Crippen molar-refractivity contribution < 1.29 is 4.79 Å². The molecule has 0 spiro atoms. The van der Waals surface area contributed by atoms with Crippen molar-refractivity contribution in [3.8, 4) is 0 Å². The van der Waals surface area contributed by atoms with E-state index in [9.17, 15) is 4.79 Å². The molecular weight excluding hydrogens is 250 g/mol. The lowest BCUT2D eigenvalue weighted by molar-refractivity contribution is 0.218. The van der Waals surface area contributed by atoms with Gasteiger partial charge in [0.25, 0.3) is 0 Å². The summed E-state index contributed by atoms with van der Waals surface area (Å²) in [5.41, 5.74) is 3.58. The Hall–Kier alpha value is -1.55. The summed E-state index contributed by atoms with van der Waals surface area (Å²) >= 11 is 0. The molecule has 1 atom stereocenters. The molecule has 1 aromatic carbocycles. The van der Waals surface area contributed by atoms with Crippen LogP contribution in [0.25, 0.3) is 0 Å². The Balaban J connectivity index is 2.35. The third kappa shape index (κ3) is 2.66. The zero-order valence-electron chi connectivity index (χ0n) is 13.1. The number of nitrogens with zero attached hydrogens (tertiary/aromatic N) is 1. The Kier molecular flexibility index (Phi) is 4.04. The number of hydrogen-bond donors (Lipinski definition) is 2. The minimum Gasteiger partial charge on any atom is -0.323 e. The molecule has 110 valence electrons. The highest BCUT2D eigenvalue weighted by molar-refractivity contribution is 5.92. The molecule has 0 aliphatic carbocycles. The third-order valence-electron chi connectivity index (χ3n) is 4.44. The van der Waals surface area contributed by atoms with Crippen molar-refractivity contribution in [3.63, 3.8) is 0 Å². The first-order chi connectivity index (χ1) is 9.39. The maximum absolute atomic E-state index is 11.6. The van der Waals surface area contributed by atoms with Gasteiger partial charge in [0.15, 0.2) is 0 Å². The fourth-order valence-electron chi connectivity index (χ4n) is 2.80. The van der Waals surface area contributed by atoms with Gasteiger partial charge in [-0.05, 0) is 36.1 Å². The molecule has 1 aliphatic rings. The summed E-state index contributed by atoms with van der Waals surface area (Å²) in [6, 6.07) is 6.61. The maximum atomic E-state index is 11.6. The van der Waals surface area contributed by atoms with Crippen LogP contribution >= 0.6 is 0 Å². The second-order valence-electron chi connectivity index (χ2n) is 6.27. The fourth-order valence-corrected chi connectivity index (χ4v) is 2.80. The van der Waals surface area contributed by atoms with Gasteiger partial charge in [0.2, 0.25) is 0 Å². The van der Waals surface area contributed by atoms with Crippen molar-refractivity contribution in [3.05, 3.63) is 29.3 Å². The van der Waals surface area contributed by atoms with Crippen molar-refractivity contribution >= 4 is 11.7 Å². The van der Waals surface area contributed by atoms with Crippen LogP contribution in [-0.2, 0) is 6.54 Å². The van der Waals surface area contributed by atoms with Crippen LogP contribution in [0.2, 0.25) is 0 Å². The van der Waals surface area contributed by atoms with Crippen LogP contribution in [0.4, 0.5) is 10.5 Å². The van der Waals surface area contributed by atoms with Gasteiger partial charge in [-0.2, -0.15) is 0 Å². The highest BCUT2D eigenvalue weighted by Crippen LogP contribution is 2.37. The number of hydrogen-bond acceptors (Lipinski definition) is 2. The number of rotatable bonds is 4. The molecule has 2 N–H and O–H groups in total. The molecule has 0 saturated carbocycles. The first-order valence-electron chi connectivity index (χ1n) is 7.21. The first kappa shape index (κ1) is 14.9. The third-order valence-corrected chi connectivity index (χ3v) is 4.44. The zero-order chi connectivity index (χ0) is 14.9. The SMILES string of the molecule is CCC(C)(C)C(NC)c1ccc2c(c1)CN(C)C(=O)N2. The number of amides is 2. The molecule has 2 rings (SSSR count). The van der Waals surface area contributed by atoms with Gasteiger partial charge < -0.3 is 15.5 Å². The second kappa shape index (κ2) is 5.44. The number of benzene rings is 1. The summed E-state index contributed by atoms with van der Waals surface area (Å²) < 4.78 is 0. The van der Waals surface area contributed by atoms with Crippen LogP contribution in [0.3, 0.4) is 0 Å². The number of fused-ring (bicyclic) bond motifs is 1. The quantitative estimate of drug-likeness (QED) is 0.885. The van der Waals surface area contributed by atoms with Crippen molar-refractivity contribution in [2.24, 2.45) is 5.41 Å². The van der Waals surface area contributed by atoms with Gasteiger partial charge in [-0.15, -0.1) is 0 Å². The molecule has 1 aromatic rings. The van der Waals surface area contributed by atoms with Crippen LogP contribution in [-0.4, -0.2) is 25.0 Å². The molecular formula is C16H25N3O. The van der Waals surface area contributed by atoms with Gasteiger partial charge in [-0.1, -0.05) is 32.9 Å². The van der Waals surface area contributed by atoms with E-state index in [1.807, 2.05) is 20.2 Å². The van der Waals surface area contributed by atoms with E-state index in [-0.39, 0.29) is 11.4 Å². The van der Waals surface area contributed by atoms with Crippen molar-refractivity contribution in [1.82, 2.24) is 10.2 Å². The molecule has 0 bridgehead atoms. The summed E-state index contributed by atoms with van der Waals surface area (Å²) in [4.78, 5) is 13.3. The van der Waals surface area contributed by atoms with Gasteiger partial charge >= 0.3 is 6.03 Å². The normalized spacial score (nSPS) is 16.6. The molecule has 2 amide bonds. The van der Waals surface area contributed by atoms with Crippen molar-refractivity contribution in [1.29, 1.82) is 0 Å². The van der Waals surface area contributed by atoms with Crippen LogP contribution in [0.15, 0.2) is 18.2 Å². The Labute approximate surface area is 121 Å². The van der Waals surface area contributed by atoms with Crippen molar-refractivity contribution in [2.45, 2.75) is 39.8 Å². The number of carbonyl (C=O) groups is 1. The summed E-state index contributed by atoms with van der Waals surface area (Å²) in [6.45, 7) is 7.44. The summed E-state index contributed by atoms with van der Waals surface area (Å²) in [5, 5.41) is 6.35. The Morgan fingerprint density at radius 2 is 2.15 bits per heavy atom. The number of nitrogens with one attached hydrogen (secondary N) is 2. The predicted octanol–water partition coefficient (Wildman–Crippen LogP) is 3.36. The molecule has 0 aromatic heterocycles. The smallest absolute Gasteiger partial charge is 0.321 e. The number of carbonyl (C=O) groups excluding carboxylic acids is 1. The Bertz CT molecular complexity index is 510. The van der Waals surface area contributed by atoms with Gasteiger partial charge in [-0.25, -0.2) is 4.79 Å². The van der Waals surface area contributed by atoms with Gasteiger partial charge in [0.05, 0.1) is 0 Å². The topological polar surface area (TPSA) is 44.4 Å². The number of anilines is 1. The molecule has 0 radical (unpaired) electrons. The minimum atomic E-state index is -0.0377. The number of urea groups is 1. The van der Waals surface area contributed by atoms with Crippen LogP contribution in [0, 0.1) is 5.41 Å². The van der Waals surface area contributed by atoms with E-state index in [1.54, 1.807) is 4.90 Å². The lowest BCUT2D eigenvalue weighted by Crippen LogP contribution is -2.36. The highest BCUT2D eigenvalue weighted by atomic mass is 16.2. The van der Waals surface area contributed by atoms with E-state index < -0.39 is 0 Å². The second-order valence-corrected chi connectivity index (χ2v) is 6.27. The highest BCUT2D eigenvalue weighted by Gasteiger charge is 2.29. The molecule has 4 heteroatoms. The van der Waals surface area contributed by atoms with Crippen molar-refractivity contribution in [2.75, 3.05) is 19.4 Å². The average Bonchev–Trinajstić information content (AvgIpc) is 2.41. The Morgan fingerprint density at radius 1 is 1.45 bits per heavy atom. The van der Waals surface area contributed by atoms with E-state index in [4.69, 9.17) is 0 Å². The summed E-state index contributed by atoms with van der Waals surface area (Å²) in [6.07, 6.45) is 1.10. The molecule has 0 saturated heterocycles. The Morgan fingerprint density at radius 3 is 2.75 bits per heavy atom. The first-order valence-corrected chi connectivity index (χ1v) is 7.21. The summed E-state index contributed by atoms with van der Waals surface area (Å²) in [7, 11) is 3.83. The predicted molar refractivity (Wildman–Crippen MR) is 82.8 cm³/mol. The molecule has 20 heavy (non-hydrogen) atoms. The molecule has 4 nitrogen and oxygen atoms in total. The van der Waals surface area contributed by atoms with Crippen LogP contribution in [0.5, 0.6) is 0 Å². The average molecular weight is 275 g/mol. The standard InChI is InChI=1S/C16H25N3O/c1-6-16(2,3)14(17-4)11-7-8-13-12(9-11)10-19(5)15(20)18-13/h7-9,14,17H,6,10H2,1-5H3,(H,18,20). The maximum Gasteiger partial charge on any atom is 0.321 e. The van der Waals surface area contributed by atoms with E-state index in [0.717, 1.165) is 12.1 Å². The van der Waals surface area contributed by atoms with Gasteiger partial charge in [-0.3, -0.25) is 0 Å². The molecule has 0 fully saturated rings. The van der Waals surface area contributed by atoms with Gasteiger partial charge in [0, 0.05) is 25.3 Å². The molecule has 1 aliphatic heterocycles. The molecule has 1 heterocycles. The molecule has 1 unspecified atom stereocenters. The largest absolute Gasteiger partial charge is 0.323 e. The minimum absolute atomic E-state index is 0.0377. The van der Waals surface area contributed by atoms with Crippen LogP contribution in [0.1, 0.15) is 44.4 Å². The lowest BCUT2D eigenvalue weighted by Gasteiger charge is -2.35. The fraction of sp³-hybridized carbons (Fsp3) is 0.562. The van der Waals surface area contributed by atoms with Gasteiger partial charge in [0.1, 0.15) is 0 Å². The summed E-state index contributed by atoms with van der Waals surface area (Å²) in [5.74, 6) is 0. The van der Waals surface area contributed by atoms with E-state index in [2.05, 4.69) is 43.5 Å². The zero-order valence-corrected chi connectivity index (χ0v) is 13.1.